The summed E-state index contributed by atoms with van der Waals surface area (Å²) in [6, 6.07) is 17.1. The second kappa shape index (κ2) is 8.33. The second-order valence-electron chi connectivity index (χ2n) is 8.21. The van der Waals surface area contributed by atoms with Crippen LogP contribution in [0.25, 0.3) is 5.65 Å². The third-order valence-corrected chi connectivity index (χ3v) is 4.81. The van der Waals surface area contributed by atoms with Crippen LogP contribution in [-0.2, 0) is 5.41 Å². The van der Waals surface area contributed by atoms with Gasteiger partial charge in [-0.05, 0) is 53.4 Å². The first-order valence-electron chi connectivity index (χ1n) is 9.91. The molecular formula is C23H21F2N5O2. The van der Waals surface area contributed by atoms with Crippen molar-refractivity contribution in [1.82, 2.24) is 19.8 Å². The quantitative estimate of drug-likeness (QED) is 0.452. The molecule has 0 unspecified atom stereocenters. The van der Waals surface area contributed by atoms with Crippen molar-refractivity contribution in [3.05, 3.63) is 77.6 Å². The Morgan fingerprint density at radius 1 is 0.969 bits per heavy atom. The monoisotopic (exact) mass is 437 g/mol. The van der Waals surface area contributed by atoms with Crippen molar-refractivity contribution in [2.75, 3.05) is 5.32 Å². The lowest BCUT2D eigenvalue weighted by molar-refractivity contribution is 0.102. The molecule has 7 nitrogen and oxygen atoms in total. The summed E-state index contributed by atoms with van der Waals surface area (Å²) >= 11 is 0. The Balaban J connectivity index is 1.43. The maximum Gasteiger partial charge on any atom is 0.299 e. The van der Waals surface area contributed by atoms with Gasteiger partial charge in [0, 0.05) is 17.3 Å². The van der Waals surface area contributed by atoms with E-state index in [4.69, 9.17) is 4.74 Å². The summed E-state index contributed by atoms with van der Waals surface area (Å²) in [7, 11) is 0. The molecule has 0 aliphatic rings. The van der Waals surface area contributed by atoms with Crippen molar-refractivity contribution in [2.45, 2.75) is 32.6 Å². The molecule has 4 aromatic rings. The average Bonchev–Trinajstić information content (AvgIpc) is 3.18. The smallest absolute Gasteiger partial charge is 0.299 e. The molecule has 4 rings (SSSR count). The molecular weight excluding hydrogens is 416 g/mol. The molecule has 0 spiro atoms. The van der Waals surface area contributed by atoms with E-state index in [1.165, 1.54) is 12.1 Å². The zero-order chi connectivity index (χ0) is 22.9. The van der Waals surface area contributed by atoms with Gasteiger partial charge in [-0.3, -0.25) is 4.79 Å². The Morgan fingerprint density at radius 2 is 1.66 bits per heavy atom. The summed E-state index contributed by atoms with van der Waals surface area (Å²) in [6.07, 6.45) is -2.81. The molecule has 0 saturated carbocycles. The fraction of sp³-hybridized carbons (Fsp3) is 0.217. The van der Waals surface area contributed by atoms with E-state index in [9.17, 15) is 13.6 Å². The molecule has 164 valence electrons. The number of alkyl halides is 2. The van der Waals surface area contributed by atoms with E-state index < -0.39 is 12.2 Å². The van der Waals surface area contributed by atoms with Gasteiger partial charge in [0.1, 0.15) is 5.75 Å². The summed E-state index contributed by atoms with van der Waals surface area (Å²) in [5.74, 6) is -0.247. The third-order valence-electron chi connectivity index (χ3n) is 4.81. The SMILES string of the molecule is CC(C)(C)c1ccc(C(=O)Nc2ccc(Oc3ccc4nnc(C(F)F)n4n3)cc2)cc1. The minimum atomic E-state index is -2.81. The number of anilines is 1. The molecule has 0 radical (unpaired) electrons. The molecule has 0 atom stereocenters. The number of aromatic nitrogens is 4. The predicted octanol–water partition coefficient (Wildman–Crippen LogP) is 5.40. The first kappa shape index (κ1) is 21.4. The van der Waals surface area contributed by atoms with Gasteiger partial charge in [0.15, 0.2) is 5.65 Å². The van der Waals surface area contributed by atoms with Crippen LogP contribution in [0, 0.1) is 0 Å². The number of fused-ring (bicyclic) bond motifs is 1. The van der Waals surface area contributed by atoms with Gasteiger partial charge < -0.3 is 10.1 Å². The Hall–Kier alpha value is -3.88. The molecule has 0 fully saturated rings. The van der Waals surface area contributed by atoms with Crippen LogP contribution in [0.5, 0.6) is 11.6 Å². The van der Waals surface area contributed by atoms with Crippen molar-refractivity contribution in [3.8, 4) is 11.6 Å². The van der Waals surface area contributed by atoms with Crippen LogP contribution in [0.15, 0.2) is 60.7 Å². The van der Waals surface area contributed by atoms with Crippen LogP contribution in [0.4, 0.5) is 14.5 Å². The first-order valence-corrected chi connectivity index (χ1v) is 9.91. The molecule has 2 heterocycles. The standard InChI is InChI=1S/C23H21F2N5O2/c1-23(2,3)15-6-4-14(5-7-15)22(31)26-16-8-10-17(11-9-16)32-19-13-12-18-27-28-21(20(24)25)30(18)29-19/h4-13,20H,1-3H3,(H,26,31). The largest absolute Gasteiger partial charge is 0.438 e. The van der Waals surface area contributed by atoms with E-state index in [1.807, 2.05) is 12.1 Å². The number of carbonyl (C=O) groups excluding carboxylic acids is 1. The fourth-order valence-electron chi connectivity index (χ4n) is 3.03. The molecule has 2 aromatic heterocycles. The number of nitrogens with zero attached hydrogens (tertiary/aromatic N) is 4. The van der Waals surface area contributed by atoms with Crippen LogP contribution < -0.4 is 10.1 Å². The Labute approximate surface area is 183 Å². The van der Waals surface area contributed by atoms with Gasteiger partial charge in [0.25, 0.3) is 12.3 Å². The molecule has 2 aromatic carbocycles. The second-order valence-corrected chi connectivity index (χ2v) is 8.21. The molecule has 1 N–H and O–H groups in total. The van der Waals surface area contributed by atoms with Gasteiger partial charge in [-0.1, -0.05) is 32.9 Å². The zero-order valence-electron chi connectivity index (χ0n) is 17.7. The van der Waals surface area contributed by atoms with Gasteiger partial charge in [-0.25, -0.2) is 8.78 Å². The number of benzene rings is 2. The van der Waals surface area contributed by atoms with Gasteiger partial charge in [-0.15, -0.1) is 15.3 Å². The van der Waals surface area contributed by atoms with Gasteiger partial charge in [0.05, 0.1) is 0 Å². The topological polar surface area (TPSA) is 81.4 Å². The van der Waals surface area contributed by atoms with Crippen molar-refractivity contribution in [1.29, 1.82) is 0 Å². The fourth-order valence-corrected chi connectivity index (χ4v) is 3.03. The number of rotatable bonds is 5. The maximum absolute atomic E-state index is 13.0. The minimum Gasteiger partial charge on any atom is -0.438 e. The summed E-state index contributed by atoms with van der Waals surface area (Å²) in [5, 5.41) is 13.9. The van der Waals surface area contributed by atoms with E-state index >= 15 is 0 Å². The Kier molecular flexibility index (Phi) is 5.56. The molecule has 1 amide bonds. The first-order chi connectivity index (χ1) is 15.2. The van der Waals surface area contributed by atoms with Gasteiger partial charge in [0.2, 0.25) is 11.7 Å². The molecule has 0 bridgehead atoms. The molecule has 0 aliphatic carbocycles. The Bertz CT molecular complexity index is 1250. The predicted molar refractivity (Wildman–Crippen MR) is 115 cm³/mol. The highest BCUT2D eigenvalue weighted by atomic mass is 19.3. The number of hydrogen-bond donors (Lipinski definition) is 1. The lowest BCUT2D eigenvalue weighted by atomic mass is 9.87. The number of halogens is 2. The third kappa shape index (κ3) is 4.56. The Morgan fingerprint density at radius 3 is 2.28 bits per heavy atom. The number of amides is 1. The van der Waals surface area contributed by atoms with E-state index in [2.05, 4.69) is 41.4 Å². The lowest BCUT2D eigenvalue weighted by Crippen LogP contribution is -2.14. The molecule has 0 saturated heterocycles. The van der Waals surface area contributed by atoms with E-state index in [-0.39, 0.29) is 22.8 Å². The highest BCUT2D eigenvalue weighted by Gasteiger charge is 2.17. The van der Waals surface area contributed by atoms with Crippen LogP contribution in [0.3, 0.4) is 0 Å². The van der Waals surface area contributed by atoms with Crippen LogP contribution in [0.1, 0.15) is 48.9 Å². The zero-order valence-corrected chi connectivity index (χ0v) is 17.7. The van der Waals surface area contributed by atoms with Gasteiger partial charge in [-0.2, -0.15) is 4.52 Å². The number of hydrogen-bond acceptors (Lipinski definition) is 5. The van der Waals surface area contributed by atoms with E-state index in [0.29, 0.717) is 17.0 Å². The van der Waals surface area contributed by atoms with Crippen molar-refractivity contribution < 1.29 is 18.3 Å². The van der Waals surface area contributed by atoms with Crippen LogP contribution in [0.2, 0.25) is 0 Å². The summed E-state index contributed by atoms with van der Waals surface area (Å²) in [5.41, 5.74) is 2.50. The number of carbonyl (C=O) groups is 1. The van der Waals surface area contributed by atoms with E-state index in [1.54, 1.807) is 36.4 Å². The highest BCUT2D eigenvalue weighted by Crippen LogP contribution is 2.25. The summed E-state index contributed by atoms with van der Waals surface area (Å²) in [6.45, 7) is 6.34. The lowest BCUT2D eigenvalue weighted by Gasteiger charge is -2.19. The summed E-state index contributed by atoms with van der Waals surface area (Å²) in [4.78, 5) is 12.5. The maximum atomic E-state index is 13.0. The van der Waals surface area contributed by atoms with Crippen molar-refractivity contribution >= 4 is 17.2 Å². The normalized spacial score (nSPS) is 11.7. The number of ether oxygens (including phenoxy) is 1. The minimum absolute atomic E-state index is 0.0135. The molecule has 32 heavy (non-hydrogen) atoms. The average molecular weight is 437 g/mol. The highest BCUT2D eigenvalue weighted by molar-refractivity contribution is 6.04. The van der Waals surface area contributed by atoms with Crippen LogP contribution >= 0.6 is 0 Å². The van der Waals surface area contributed by atoms with Crippen LogP contribution in [-0.4, -0.2) is 25.7 Å². The van der Waals surface area contributed by atoms with Gasteiger partial charge >= 0.3 is 0 Å². The molecule has 9 heteroatoms. The van der Waals surface area contributed by atoms with Crippen molar-refractivity contribution in [3.63, 3.8) is 0 Å². The number of nitrogens with one attached hydrogen (secondary N) is 1. The molecule has 0 aliphatic heterocycles. The van der Waals surface area contributed by atoms with E-state index in [0.717, 1.165) is 10.1 Å². The summed E-state index contributed by atoms with van der Waals surface area (Å²) < 4.78 is 32.6. The van der Waals surface area contributed by atoms with Crippen molar-refractivity contribution in [2.24, 2.45) is 0 Å².